The van der Waals surface area contributed by atoms with E-state index in [0.29, 0.717) is 12.5 Å². The van der Waals surface area contributed by atoms with E-state index in [1.54, 1.807) is 11.9 Å². The molecule has 1 amide bonds. The van der Waals surface area contributed by atoms with Crippen LogP contribution in [-0.2, 0) is 11.2 Å². The van der Waals surface area contributed by atoms with Gasteiger partial charge in [0, 0.05) is 38.0 Å². The molecule has 0 radical (unpaired) electrons. The number of hydrogen-bond donors (Lipinski definition) is 2. The number of furan rings is 1. The molecule has 6 nitrogen and oxygen atoms in total. The van der Waals surface area contributed by atoms with Crippen LogP contribution >= 0.6 is 0 Å². The molecule has 1 aromatic heterocycles. The largest absolute Gasteiger partial charge is 0.461 e. The first-order valence-corrected chi connectivity index (χ1v) is 8.49. The van der Waals surface area contributed by atoms with Gasteiger partial charge in [-0.15, -0.1) is 0 Å². The normalized spacial score (nSPS) is 12.3. The highest BCUT2D eigenvalue weighted by Crippen LogP contribution is 2.18. The minimum Gasteiger partial charge on any atom is -0.461 e. The molecule has 1 aromatic carbocycles. The molecule has 2 aromatic rings. The first kappa shape index (κ1) is 18.8. The highest BCUT2D eigenvalue weighted by Gasteiger charge is 2.16. The Morgan fingerprint density at radius 3 is 2.64 bits per heavy atom. The van der Waals surface area contributed by atoms with Crippen LogP contribution in [0.2, 0.25) is 0 Å². The minimum absolute atomic E-state index is 0.0322. The topological polar surface area (TPSA) is 69.9 Å². The molecule has 0 fully saturated rings. The van der Waals surface area contributed by atoms with Crippen molar-refractivity contribution >= 4 is 22.8 Å². The summed E-state index contributed by atoms with van der Waals surface area (Å²) in [5.41, 5.74) is 0.661. The standard InChI is InChI=1S/C19H28N4O2/c1-19(2,3)22-17(24)13-23(5)18(20-4)21-11-10-15-12-14-8-6-7-9-16(14)25-15/h6-9,12H,10-11,13H2,1-5H3,(H,20,21)(H,22,24). The number of aliphatic imine (C=N–C) groups is 1. The lowest BCUT2D eigenvalue weighted by molar-refractivity contribution is -0.122. The molecular weight excluding hydrogens is 316 g/mol. The maximum atomic E-state index is 12.0. The molecule has 2 rings (SSSR count). The third-order valence-corrected chi connectivity index (χ3v) is 3.60. The number of nitrogens with zero attached hydrogens (tertiary/aromatic N) is 2. The summed E-state index contributed by atoms with van der Waals surface area (Å²) >= 11 is 0. The fraction of sp³-hybridized carbons (Fsp3) is 0.474. The van der Waals surface area contributed by atoms with Crippen molar-refractivity contribution in [2.75, 3.05) is 27.2 Å². The number of likely N-dealkylation sites (N-methyl/N-ethyl adjacent to an activating group) is 1. The van der Waals surface area contributed by atoms with E-state index in [1.165, 1.54) is 0 Å². The molecule has 0 saturated carbocycles. The second kappa shape index (κ2) is 8.05. The lowest BCUT2D eigenvalue weighted by Crippen LogP contribution is -2.49. The fourth-order valence-corrected chi connectivity index (χ4v) is 2.59. The average molecular weight is 344 g/mol. The number of carbonyl (C=O) groups excluding carboxylic acids is 1. The van der Waals surface area contributed by atoms with E-state index < -0.39 is 0 Å². The van der Waals surface area contributed by atoms with Crippen LogP contribution in [0.4, 0.5) is 0 Å². The molecular formula is C19H28N4O2. The summed E-state index contributed by atoms with van der Waals surface area (Å²) in [5, 5.41) is 7.32. The van der Waals surface area contributed by atoms with E-state index in [1.807, 2.05) is 52.1 Å². The van der Waals surface area contributed by atoms with Gasteiger partial charge in [-0.3, -0.25) is 9.79 Å². The van der Waals surface area contributed by atoms with E-state index in [4.69, 9.17) is 4.42 Å². The van der Waals surface area contributed by atoms with E-state index in [2.05, 4.69) is 21.7 Å². The smallest absolute Gasteiger partial charge is 0.240 e. The maximum absolute atomic E-state index is 12.0. The Hall–Kier alpha value is -2.50. The molecule has 0 saturated heterocycles. The fourth-order valence-electron chi connectivity index (χ4n) is 2.59. The number of guanidine groups is 1. The number of rotatable bonds is 5. The highest BCUT2D eigenvalue weighted by molar-refractivity contribution is 5.86. The Bertz CT molecular complexity index is 710. The molecule has 0 unspecified atom stereocenters. The summed E-state index contributed by atoms with van der Waals surface area (Å²) in [6.07, 6.45) is 0.746. The lowest BCUT2D eigenvalue weighted by atomic mass is 10.1. The van der Waals surface area contributed by atoms with Crippen LogP contribution in [0.3, 0.4) is 0 Å². The van der Waals surface area contributed by atoms with Gasteiger partial charge < -0.3 is 20.0 Å². The van der Waals surface area contributed by atoms with Crippen molar-refractivity contribution in [1.82, 2.24) is 15.5 Å². The lowest BCUT2D eigenvalue weighted by Gasteiger charge is -2.25. The third kappa shape index (κ3) is 5.81. The number of amides is 1. The van der Waals surface area contributed by atoms with Crippen LogP contribution in [0, 0.1) is 0 Å². The zero-order valence-corrected chi connectivity index (χ0v) is 15.7. The number of fused-ring (bicyclic) bond motifs is 1. The van der Waals surface area contributed by atoms with E-state index in [-0.39, 0.29) is 18.0 Å². The van der Waals surface area contributed by atoms with Gasteiger partial charge in [0.1, 0.15) is 11.3 Å². The second-order valence-corrected chi connectivity index (χ2v) is 7.13. The van der Waals surface area contributed by atoms with Crippen LogP contribution in [0.1, 0.15) is 26.5 Å². The van der Waals surface area contributed by atoms with Crippen molar-refractivity contribution in [3.05, 3.63) is 36.1 Å². The van der Waals surface area contributed by atoms with Gasteiger partial charge >= 0.3 is 0 Å². The monoisotopic (exact) mass is 344 g/mol. The summed E-state index contributed by atoms with van der Waals surface area (Å²) in [5.74, 6) is 1.58. The van der Waals surface area contributed by atoms with E-state index >= 15 is 0 Å². The number of nitrogens with one attached hydrogen (secondary N) is 2. The van der Waals surface area contributed by atoms with Gasteiger partial charge in [0.15, 0.2) is 5.96 Å². The zero-order valence-electron chi connectivity index (χ0n) is 15.7. The molecule has 25 heavy (non-hydrogen) atoms. The van der Waals surface area contributed by atoms with Crippen LogP contribution in [-0.4, -0.2) is 49.5 Å². The van der Waals surface area contributed by atoms with E-state index in [0.717, 1.165) is 23.2 Å². The Kier molecular flexibility index (Phi) is 6.07. The highest BCUT2D eigenvalue weighted by atomic mass is 16.3. The Labute approximate surface area is 149 Å². The minimum atomic E-state index is -0.240. The van der Waals surface area contributed by atoms with Gasteiger partial charge in [0.25, 0.3) is 0 Å². The van der Waals surface area contributed by atoms with Crippen molar-refractivity contribution in [1.29, 1.82) is 0 Å². The maximum Gasteiger partial charge on any atom is 0.240 e. The predicted octanol–water partition coefficient (Wildman–Crippen LogP) is 2.40. The van der Waals surface area contributed by atoms with Gasteiger partial charge in [0.05, 0.1) is 6.54 Å². The summed E-state index contributed by atoms with van der Waals surface area (Å²) < 4.78 is 5.81. The van der Waals surface area contributed by atoms with Crippen molar-refractivity contribution in [2.45, 2.75) is 32.7 Å². The molecule has 1 heterocycles. The number of benzene rings is 1. The van der Waals surface area contributed by atoms with Crippen LogP contribution < -0.4 is 10.6 Å². The Morgan fingerprint density at radius 1 is 1.28 bits per heavy atom. The van der Waals surface area contributed by atoms with Crippen LogP contribution in [0.25, 0.3) is 11.0 Å². The van der Waals surface area contributed by atoms with Gasteiger partial charge in [-0.2, -0.15) is 0 Å². The predicted molar refractivity (Wildman–Crippen MR) is 102 cm³/mol. The molecule has 0 atom stereocenters. The summed E-state index contributed by atoms with van der Waals surface area (Å²) in [7, 11) is 3.56. The Morgan fingerprint density at radius 2 is 2.00 bits per heavy atom. The van der Waals surface area contributed by atoms with Gasteiger partial charge in [-0.1, -0.05) is 18.2 Å². The summed E-state index contributed by atoms with van der Waals surface area (Å²) in [6, 6.07) is 10.0. The third-order valence-electron chi connectivity index (χ3n) is 3.60. The van der Waals surface area contributed by atoms with Crippen LogP contribution in [0.15, 0.2) is 39.7 Å². The molecule has 0 aliphatic rings. The first-order valence-electron chi connectivity index (χ1n) is 8.49. The number of carbonyl (C=O) groups is 1. The van der Waals surface area contributed by atoms with Crippen molar-refractivity contribution < 1.29 is 9.21 Å². The van der Waals surface area contributed by atoms with E-state index in [9.17, 15) is 4.79 Å². The molecule has 0 spiro atoms. The quantitative estimate of drug-likeness (QED) is 0.645. The first-order chi connectivity index (χ1) is 11.8. The number of para-hydroxylation sites is 1. The second-order valence-electron chi connectivity index (χ2n) is 7.13. The SMILES string of the molecule is CN=C(NCCc1cc2ccccc2o1)N(C)CC(=O)NC(C)(C)C. The van der Waals surface area contributed by atoms with Gasteiger partial charge in [-0.25, -0.2) is 0 Å². The molecule has 0 aliphatic heterocycles. The molecule has 0 aliphatic carbocycles. The molecule has 6 heteroatoms. The number of hydrogen-bond acceptors (Lipinski definition) is 3. The molecule has 0 bridgehead atoms. The van der Waals surface area contributed by atoms with Crippen molar-refractivity contribution in [3.63, 3.8) is 0 Å². The molecule has 136 valence electrons. The zero-order chi connectivity index (χ0) is 18.4. The molecule has 2 N–H and O–H groups in total. The van der Waals surface area contributed by atoms with Gasteiger partial charge in [0.2, 0.25) is 5.91 Å². The van der Waals surface area contributed by atoms with Gasteiger partial charge in [-0.05, 0) is 32.9 Å². The average Bonchev–Trinajstić information content (AvgIpc) is 2.92. The van der Waals surface area contributed by atoms with Crippen molar-refractivity contribution in [3.8, 4) is 0 Å². The summed E-state index contributed by atoms with van der Waals surface area (Å²) in [4.78, 5) is 18.1. The van der Waals surface area contributed by atoms with Crippen molar-refractivity contribution in [2.24, 2.45) is 4.99 Å². The Balaban J connectivity index is 1.84. The van der Waals surface area contributed by atoms with Crippen LogP contribution in [0.5, 0.6) is 0 Å². The summed E-state index contributed by atoms with van der Waals surface area (Å²) in [6.45, 7) is 6.82.